The number of nitrogens with one attached hydrogen (secondary N) is 1. The summed E-state index contributed by atoms with van der Waals surface area (Å²) in [6.07, 6.45) is -0.699. The maximum atomic E-state index is 12.4. The molecule has 1 amide bonds. The van der Waals surface area contributed by atoms with Gasteiger partial charge in [-0.05, 0) is 69.2 Å². The van der Waals surface area contributed by atoms with Gasteiger partial charge in [0, 0.05) is 11.3 Å². The molecule has 0 aliphatic carbocycles. The van der Waals surface area contributed by atoms with Crippen LogP contribution in [0.1, 0.15) is 35.3 Å². The van der Waals surface area contributed by atoms with Crippen LogP contribution in [0.4, 0.5) is 5.69 Å². The Morgan fingerprint density at radius 2 is 1.76 bits per heavy atom. The molecule has 0 fully saturated rings. The Morgan fingerprint density at radius 3 is 2.40 bits per heavy atom. The number of hydrogen-bond acceptors (Lipinski definition) is 4. The maximum Gasteiger partial charge on any atom is 0.347 e. The molecule has 2 aromatic carbocycles. The normalized spacial score (nSPS) is 11.5. The number of esters is 1. The zero-order valence-corrected chi connectivity index (χ0v) is 15.0. The van der Waals surface area contributed by atoms with Gasteiger partial charge in [-0.3, -0.25) is 4.79 Å². The molecule has 1 atom stereocenters. The molecule has 0 heterocycles. The topological polar surface area (TPSA) is 64.6 Å². The van der Waals surface area contributed by atoms with E-state index in [-0.39, 0.29) is 5.91 Å². The average Bonchev–Trinajstić information content (AvgIpc) is 2.59. The molecule has 0 bridgehead atoms. The highest BCUT2D eigenvalue weighted by Crippen LogP contribution is 2.20. The summed E-state index contributed by atoms with van der Waals surface area (Å²) in [6.45, 7) is 7.65. The van der Waals surface area contributed by atoms with Crippen molar-refractivity contribution in [1.29, 1.82) is 0 Å². The smallest absolute Gasteiger partial charge is 0.347 e. The van der Waals surface area contributed by atoms with Gasteiger partial charge in [0.05, 0.1) is 6.61 Å². The lowest BCUT2D eigenvalue weighted by atomic mass is 10.1. The highest BCUT2D eigenvalue weighted by molar-refractivity contribution is 6.04. The van der Waals surface area contributed by atoms with Gasteiger partial charge in [-0.2, -0.15) is 0 Å². The minimum Gasteiger partial charge on any atom is -0.479 e. The number of aryl methyl sites for hydroxylation is 1. The maximum absolute atomic E-state index is 12.4. The van der Waals surface area contributed by atoms with E-state index in [1.165, 1.54) is 0 Å². The van der Waals surface area contributed by atoms with Gasteiger partial charge < -0.3 is 14.8 Å². The zero-order chi connectivity index (χ0) is 18.4. The molecular formula is C20H23NO4. The highest BCUT2D eigenvalue weighted by Gasteiger charge is 2.16. The second kappa shape index (κ2) is 8.33. The summed E-state index contributed by atoms with van der Waals surface area (Å²) in [5.74, 6) is -0.109. The molecule has 0 aliphatic rings. The summed E-state index contributed by atoms with van der Waals surface area (Å²) in [5, 5.41) is 2.91. The lowest BCUT2D eigenvalue weighted by molar-refractivity contribution is -0.150. The third kappa shape index (κ3) is 4.83. The second-order valence-electron chi connectivity index (χ2n) is 5.74. The van der Waals surface area contributed by atoms with Crippen LogP contribution in [0, 0.1) is 13.8 Å². The summed E-state index contributed by atoms with van der Waals surface area (Å²) in [4.78, 5) is 24.0. The van der Waals surface area contributed by atoms with Crippen LogP contribution in [0.15, 0.2) is 42.5 Å². The number of anilines is 1. The molecular weight excluding hydrogens is 318 g/mol. The molecule has 0 aliphatic heterocycles. The van der Waals surface area contributed by atoms with Crippen molar-refractivity contribution in [3.05, 3.63) is 59.2 Å². The Kier molecular flexibility index (Phi) is 6.17. The van der Waals surface area contributed by atoms with Crippen molar-refractivity contribution in [3.63, 3.8) is 0 Å². The molecule has 132 valence electrons. The van der Waals surface area contributed by atoms with Gasteiger partial charge in [0.1, 0.15) is 5.75 Å². The van der Waals surface area contributed by atoms with Gasteiger partial charge in [0.25, 0.3) is 5.91 Å². The fourth-order valence-corrected chi connectivity index (χ4v) is 2.28. The summed E-state index contributed by atoms with van der Waals surface area (Å²) < 4.78 is 10.4. The first-order valence-electron chi connectivity index (χ1n) is 8.23. The van der Waals surface area contributed by atoms with Gasteiger partial charge in [-0.15, -0.1) is 0 Å². The summed E-state index contributed by atoms with van der Waals surface area (Å²) in [5.41, 5.74) is 3.46. The fourth-order valence-electron chi connectivity index (χ4n) is 2.28. The van der Waals surface area contributed by atoms with Crippen LogP contribution in [-0.4, -0.2) is 24.6 Å². The Bertz CT molecular complexity index is 753. The second-order valence-corrected chi connectivity index (χ2v) is 5.74. The van der Waals surface area contributed by atoms with Crippen LogP contribution in [0.25, 0.3) is 0 Å². The van der Waals surface area contributed by atoms with Gasteiger partial charge >= 0.3 is 5.97 Å². The highest BCUT2D eigenvalue weighted by atomic mass is 16.6. The van der Waals surface area contributed by atoms with E-state index >= 15 is 0 Å². The zero-order valence-electron chi connectivity index (χ0n) is 15.0. The minimum absolute atomic E-state index is 0.196. The van der Waals surface area contributed by atoms with E-state index in [4.69, 9.17) is 9.47 Å². The monoisotopic (exact) mass is 341 g/mol. The SMILES string of the molecule is CCOC(=O)[C@@H](C)Oc1ccc(C(=O)Nc2cccc(C)c2C)cc1. The molecule has 0 unspecified atom stereocenters. The van der Waals surface area contributed by atoms with E-state index in [1.54, 1.807) is 38.1 Å². The molecule has 25 heavy (non-hydrogen) atoms. The molecule has 5 nitrogen and oxygen atoms in total. The largest absolute Gasteiger partial charge is 0.479 e. The van der Waals surface area contributed by atoms with Crippen LogP contribution in [-0.2, 0) is 9.53 Å². The number of benzene rings is 2. The van der Waals surface area contributed by atoms with Gasteiger partial charge in [-0.1, -0.05) is 12.1 Å². The van der Waals surface area contributed by atoms with Crippen LogP contribution in [0.3, 0.4) is 0 Å². The number of carbonyl (C=O) groups excluding carboxylic acids is 2. The molecule has 0 radical (unpaired) electrons. The molecule has 0 saturated heterocycles. The Hall–Kier alpha value is -2.82. The first-order chi connectivity index (χ1) is 11.9. The van der Waals surface area contributed by atoms with Crippen molar-refractivity contribution in [3.8, 4) is 5.75 Å². The van der Waals surface area contributed by atoms with Crippen molar-refractivity contribution < 1.29 is 19.1 Å². The number of hydrogen-bond donors (Lipinski definition) is 1. The van der Waals surface area contributed by atoms with Crippen LogP contribution < -0.4 is 10.1 Å². The van der Waals surface area contributed by atoms with Crippen LogP contribution in [0.2, 0.25) is 0 Å². The molecule has 2 aromatic rings. The molecule has 2 rings (SSSR count). The summed E-state index contributed by atoms with van der Waals surface area (Å²) in [7, 11) is 0. The lowest BCUT2D eigenvalue weighted by Gasteiger charge is -2.14. The molecule has 0 spiro atoms. The Labute approximate surface area is 148 Å². The number of ether oxygens (including phenoxy) is 2. The van der Waals surface area contributed by atoms with E-state index in [2.05, 4.69) is 5.32 Å². The van der Waals surface area contributed by atoms with Gasteiger partial charge in [0.15, 0.2) is 6.10 Å². The standard InChI is InChI=1S/C20H23NO4/c1-5-24-20(23)15(4)25-17-11-9-16(10-12-17)19(22)21-18-8-6-7-13(2)14(18)3/h6-12,15H,5H2,1-4H3,(H,21,22)/t15-/m1/s1. The molecule has 5 heteroatoms. The quantitative estimate of drug-likeness (QED) is 0.810. The third-order valence-corrected chi connectivity index (χ3v) is 3.90. The van der Waals surface area contributed by atoms with E-state index in [0.717, 1.165) is 16.8 Å². The van der Waals surface area contributed by atoms with Gasteiger partial charge in [0.2, 0.25) is 0 Å². The predicted molar refractivity (Wildman–Crippen MR) is 97.0 cm³/mol. The fraction of sp³-hybridized carbons (Fsp3) is 0.300. The number of rotatable bonds is 6. The van der Waals surface area contributed by atoms with E-state index in [9.17, 15) is 9.59 Å². The minimum atomic E-state index is -0.699. The van der Waals surface area contributed by atoms with Crippen molar-refractivity contribution in [2.75, 3.05) is 11.9 Å². The first kappa shape index (κ1) is 18.5. The number of carbonyl (C=O) groups is 2. The molecule has 1 N–H and O–H groups in total. The van der Waals surface area contributed by atoms with Crippen molar-refractivity contribution >= 4 is 17.6 Å². The predicted octanol–water partition coefficient (Wildman–Crippen LogP) is 3.89. The van der Waals surface area contributed by atoms with Crippen LogP contribution >= 0.6 is 0 Å². The van der Waals surface area contributed by atoms with Gasteiger partial charge in [-0.25, -0.2) is 4.79 Å². The average molecular weight is 341 g/mol. The summed E-state index contributed by atoms with van der Waals surface area (Å²) >= 11 is 0. The summed E-state index contributed by atoms with van der Waals surface area (Å²) in [6, 6.07) is 12.4. The Morgan fingerprint density at radius 1 is 1.08 bits per heavy atom. The van der Waals surface area contributed by atoms with E-state index in [1.807, 2.05) is 32.0 Å². The van der Waals surface area contributed by atoms with Crippen molar-refractivity contribution in [2.24, 2.45) is 0 Å². The van der Waals surface area contributed by atoms with E-state index < -0.39 is 12.1 Å². The van der Waals surface area contributed by atoms with Crippen molar-refractivity contribution in [2.45, 2.75) is 33.8 Å². The lowest BCUT2D eigenvalue weighted by Crippen LogP contribution is -2.26. The Balaban J connectivity index is 2.03. The van der Waals surface area contributed by atoms with E-state index in [0.29, 0.717) is 17.9 Å². The molecule has 0 saturated carbocycles. The third-order valence-electron chi connectivity index (χ3n) is 3.90. The number of amides is 1. The van der Waals surface area contributed by atoms with Crippen molar-refractivity contribution in [1.82, 2.24) is 0 Å². The first-order valence-corrected chi connectivity index (χ1v) is 8.23. The van der Waals surface area contributed by atoms with Crippen LogP contribution in [0.5, 0.6) is 5.75 Å². The molecule has 0 aromatic heterocycles.